The first-order valence-electron chi connectivity index (χ1n) is 3.85. The van der Waals surface area contributed by atoms with E-state index in [0.717, 1.165) is 0 Å². The number of ether oxygens (including phenoxy) is 3. The lowest BCUT2D eigenvalue weighted by molar-refractivity contribution is -0.146. The average molecular weight is 182 g/mol. The zero-order valence-corrected chi connectivity index (χ0v) is 7.28. The van der Waals surface area contributed by atoms with Gasteiger partial charge in [0, 0.05) is 0 Å². The number of carbonyl (C=O) groups is 1. The van der Waals surface area contributed by atoms with Gasteiger partial charge in [0.2, 0.25) is 5.76 Å². The lowest BCUT2D eigenvalue weighted by Gasteiger charge is -2.15. The van der Waals surface area contributed by atoms with Crippen LogP contribution in [-0.2, 0) is 19.0 Å². The van der Waals surface area contributed by atoms with Crippen molar-refractivity contribution in [1.82, 2.24) is 0 Å². The van der Waals surface area contributed by atoms with Gasteiger partial charge < -0.3 is 14.2 Å². The number of hydrogen-bond acceptors (Lipinski definition) is 4. The van der Waals surface area contributed by atoms with Crippen molar-refractivity contribution >= 4 is 5.97 Å². The van der Waals surface area contributed by atoms with E-state index in [-0.39, 0.29) is 5.76 Å². The molecule has 0 aromatic heterocycles. The highest BCUT2D eigenvalue weighted by atomic mass is 16.6. The molecule has 13 heavy (non-hydrogen) atoms. The second-order valence-corrected chi connectivity index (χ2v) is 2.42. The minimum Gasteiger partial charge on any atom is -0.493 e. The molecule has 0 aliphatic carbocycles. The number of hydrogen-bond donors (Lipinski definition) is 0. The molecule has 0 amide bonds. The van der Waals surface area contributed by atoms with E-state index in [9.17, 15) is 4.79 Å². The lowest BCUT2D eigenvalue weighted by Crippen LogP contribution is -2.20. The molecule has 1 rings (SSSR count). The number of carbonyl (C=O) groups excluding carboxylic acids is 1. The Morgan fingerprint density at radius 1 is 1.77 bits per heavy atom. The van der Waals surface area contributed by atoms with Crippen LogP contribution in [-0.4, -0.2) is 25.3 Å². The minimum absolute atomic E-state index is 0.0633. The van der Waals surface area contributed by atoms with Gasteiger partial charge in [0.25, 0.3) is 0 Å². The summed E-state index contributed by atoms with van der Waals surface area (Å²) < 4.78 is 14.6. The van der Waals surface area contributed by atoms with Gasteiger partial charge in [0.15, 0.2) is 6.10 Å². The van der Waals surface area contributed by atoms with Gasteiger partial charge >= 0.3 is 5.97 Å². The monoisotopic (exact) mass is 182 g/mol. The van der Waals surface area contributed by atoms with Gasteiger partial charge in [-0.2, -0.15) is 0 Å². The summed E-state index contributed by atoms with van der Waals surface area (Å²) in [6.07, 6.45) is 5.71. The second kappa shape index (κ2) is 4.41. The minimum atomic E-state index is -0.592. The predicted octanol–water partition coefficient (Wildman–Crippen LogP) is 0.440. The summed E-state index contributed by atoms with van der Waals surface area (Å²) in [5.74, 6) is 1.74. The van der Waals surface area contributed by atoms with Gasteiger partial charge in [-0.15, -0.1) is 6.42 Å². The summed E-state index contributed by atoms with van der Waals surface area (Å²) in [6, 6.07) is 0. The van der Waals surface area contributed by atoms with Crippen LogP contribution in [0.3, 0.4) is 0 Å². The summed E-state index contributed by atoms with van der Waals surface area (Å²) in [7, 11) is 0. The fourth-order valence-corrected chi connectivity index (χ4v) is 0.728. The van der Waals surface area contributed by atoms with Crippen LogP contribution in [0.2, 0.25) is 0 Å². The molecule has 0 aromatic rings. The molecule has 4 nitrogen and oxygen atoms in total. The van der Waals surface area contributed by atoms with Gasteiger partial charge in [-0.3, -0.25) is 0 Å². The Hall–Kier alpha value is -1.63. The van der Waals surface area contributed by atoms with Crippen molar-refractivity contribution in [2.45, 2.75) is 13.0 Å². The standard InChI is InChI=1S/C9H10O4/c1-3-7(2)13-9(10)8-6-11-4-5-12-8/h1,6-7H,4-5H2,2H3. The molecule has 1 aliphatic heterocycles. The lowest BCUT2D eigenvalue weighted by atomic mass is 10.4. The predicted molar refractivity (Wildman–Crippen MR) is 44.4 cm³/mol. The molecule has 70 valence electrons. The van der Waals surface area contributed by atoms with Crippen LogP contribution in [0.25, 0.3) is 0 Å². The molecule has 0 spiro atoms. The summed E-state index contributed by atoms with van der Waals surface area (Å²) in [5.41, 5.74) is 0. The summed E-state index contributed by atoms with van der Waals surface area (Å²) >= 11 is 0. The van der Waals surface area contributed by atoms with Crippen LogP contribution in [0.5, 0.6) is 0 Å². The molecule has 1 heterocycles. The average Bonchev–Trinajstić information content (AvgIpc) is 2.19. The topological polar surface area (TPSA) is 44.8 Å². The molecule has 1 atom stereocenters. The fraction of sp³-hybridized carbons (Fsp3) is 0.444. The van der Waals surface area contributed by atoms with E-state index < -0.39 is 12.1 Å². The molecule has 0 bridgehead atoms. The molecular weight excluding hydrogens is 172 g/mol. The third kappa shape index (κ3) is 2.71. The Balaban J connectivity index is 2.48. The Morgan fingerprint density at radius 2 is 2.54 bits per heavy atom. The maximum atomic E-state index is 11.2. The third-order valence-corrected chi connectivity index (χ3v) is 1.37. The van der Waals surface area contributed by atoms with Crippen LogP contribution in [0, 0.1) is 12.3 Å². The van der Waals surface area contributed by atoms with E-state index in [2.05, 4.69) is 5.92 Å². The van der Waals surface area contributed by atoms with E-state index in [1.165, 1.54) is 6.26 Å². The van der Waals surface area contributed by atoms with E-state index in [1.54, 1.807) is 6.92 Å². The Morgan fingerprint density at radius 3 is 3.08 bits per heavy atom. The summed E-state index contributed by atoms with van der Waals surface area (Å²) in [6.45, 7) is 2.40. The van der Waals surface area contributed by atoms with Gasteiger partial charge in [0.05, 0.1) is 0 Å². The zero-order chi connectivity index (χ0) is 9.68. The van der Waals surface area contributed by atoms with E-state index >= 15 is 0 Å². The number of esters is 1. The van der Waals surface area contributed by atoms with Crippen LogP contribution < -0.4 is 0 Å². The highest BCUT2D eigenvalue weighted by molar-refractivity contribution is 5.86. The van der Waals surface area contributed by atoms with E-state index in [1.807, 2.05) is 0 Å². The normalized spacial score (nSPS) is 17.1. The first-order chi connectivity index (χ1) is 6.24. The molecule has 4 heteroatoms. The number of terminal acetylenes is 1. The van der Waals surface area contributed by atoms with E-state index in [4.69, 9.17) is 20.6 Å². The smallest absolute Gasteiger partial charge is 0.378 e. The fourth-order valence-electron chi connectivity index (χ4n) is 0.728. The Labute approximate surface area is 76.5 Å². The quantitative estimate of drug-likeness (QED) is 0.459. The first-order valence-corrected chi connectivity index (χ1v) is 3.85. The summed E-state index contributed by atoms with van der Waals surface area (Å²) in [5, 5.41) is 0. The molecule has 0 N–H and O–H groups in total. The van der Waals surface area contributed by atoms with Crippen molar-refractivity contribution in [3.05, 3.63) is 12.0 Å². The van der Waals surface area contributed by atoms with E-state index in [0.29, 0.717) is 13.2 Å². The second-order valence-electron chi connectivity index (χ2n) is 2.42. The maximum absolute atomic E-state index is 11.2. The Bertz CT molecular complexity index is 261. The molecule has 1 aliphatic rings. The van der Waals surface area contributed by atoms with Crippen molar-refractivity contribution in [3.8, 4) is 12.3 Å². The van der Waals surface area contributed by atoms with Crippen molar-refractivity contribution in [2.75, 3.05) is 13.2 Å². The van der Waals surface area contributed by atoms with Gasteiger partial charge in [-0.25, -0.2) is 4.79 Å². The van der Waals surface area contributed by atoms with Gasteiger partial charge in [0.1, 0.15) is 19.5 Å². The molecule has 0 radical (unpaired) electrons. The first kappa shape index (κ1) is 9.46. The van der Waals surface area contributed by atoms with Crippen molar-refractivity contribution < 1.29 is 19.0 Å². The third-order valence-electron chi connectivity index (χ3n) is 1.37. The Kier molecular flexibility index (Phi) is 3.21. The van der Waals surface area contributed by atoms with Crippen LogP contribution in [0.1, 0.15) is 6.92 Å². The van der Waals surface area contributed by atoms with Crippen LogP contribution >= 0.6 is 0 Å². The molecular formula is C9H10O4. The molecule has 0 aromatic carbocycles. The van der Waals surface area contributed by atoms with Gasteiger partial charge in [-0.05, 0) is 6.92 Å². The SMILES string of the molecule is C#CC(C)OC(=O)C1=COCCO1. The van der Waals surface area contributed by atoms with Crippen LogP contribution in [0.15, 0.2) is 12.0 Å². The van der Waals surface area contributed by atoms with Crippen molar-refractivity contribution in [3.63, 3.8) is 0 Å². The van der Waals surface area contributed by atoms with Gasteiger partial charge in [-0.1, -0.05) is 5.92 Å². The molecule has 1 unspecified atom stereocenters. The zero-order valence-electron chi connectivity index (χ0n) is 7.28. The molecule has 0 fully saturated rings. The molecule has 0 saturated heterocycles. The largest absolute Gasteiger partial charge is 0.493 e. The number of rotatable bonds is 2. The van der Waals surface area contributed by atoms with Crippen molar-refractivity contribution in [2.24, 2.45) is 0 Å². The highest BCUT2D eigenvalue weighted by Crippen LogP contribution is 2.07. The van der Waals surface area contributed by atoms with Crippen LogP contribution in [0.4, 0.5) is 0 Å². The van der Waals surface area contributed by atoms with Crippen molar-refractivity contribution in [1.29, 1.82) is 0 Å². The summed E-state index contributed by atoms with van der Waals surface area (Å²) in [4.78, 5) is 11.2. The highest BCUT2D eigenvalue weighted by Gasteiger charge is 2.18. The molecule has 0 saturated carbocycles. The maximum Gasteiger partial charge on any atom is 0.378 e.